The van der Waals surface area contributed by atoms with Gasteiger partial charge in [-0.05, 0) is 37.0 Å². The molecule has 1 saturated carbocycles. The predicted molar refractivity (Wildman–Crippen MR) is 125 cm³/mol. The minimum atomic E-state index is 0.169. The van der Waals surface area contributed by atoms with Gasteiger partial charge in [0.25, 0.3) is 0 Å². The number of carbonyl (C=O) groups is 1. The summed E-state index contributed by atoms with van der Waals surface area (Å²) in [5.74, 6) is 1.84. The van der Waals surface area contributed by atoms with E-state index in [1.54, 1.807) is 21.3 Å². The van der Waals surface area contributed by atoms with Crippen LogP contribution >= 0.6 is 0 Å². The van der Waals surface area contributed by atoms with Crippen LogP contribution in [0.3, 0.4) is 0 Å². The highest BCUT2D eigenvalue weighted by Crippen LogP contribution is 2.44. The maximum Gasteiger partial charge on any atom is 0.222 e. The van der Waals surface area contributed by atoms with Gasteiger partial charge in [0.1, 0.15) is 0 Å². The number of amides is 1. The van der Waals surface area contributed by atoms with Gasteiger partial charge < -0.3 is 19.1 Å². The second kappa shape index (κ2) is 9.07. The molecule has 0 atom stereocenters. The molecule has 0 radical (unpaired) electrons. The van der Waals surface area contributed by atoms with Crippen LogP contribution in [0.2, 0.25) is 0 Å². The van der Waals surface area contributed by atoms with Gasteiger partial charge in [0.15, 0.2) is 11.5 Å². The summed E-state index contributed by atoms with van der Waals surface area (Å²) in [6, 6.07) is 12.5. The third kappa shape index (κ3) is 3.97. The lowest BCUT2D eigenvalue weighted by Crippen LogP contribution is -2.32. The minimum absolute atomic E-state index is 0.169. The maximum absolute atomic E-state index is 12.7. The number of ether oxygens (including phenoxy) is 3. The zero-order valence-electron chi connectivity index (χ0n) is 19.4. The van der Waals surface area contributed by atoms with Gasteiger partial charge in [0.05, 0.1) is 32.5 Å². The van der Waals surface area contributed by atoms with Crippen molar-refractivity contribution in [2.45, 2.75) is 45.7 Å². The van der Waals surface area contributed by atoms with E-state index in [-0.39, 0.29) is 5.91 Å². The van der Waals surface area contributed by atoms with Gasteiger partial charge >= 0.3 is 0 Å². The summed E-state index contributed by atoms with van der Waals surface area (Å²) in [6.07, 6.45) is 2.60. The van der Waals surface area contributed by atoms with Crippen LogP contribution < -0.4 is 14.2 Å². The quantitative estimate of drug-likeness (QED) is 0.491. The monoisotopic (exact) mass is 434 g/mol. The van der Waals surface area contributed by atoms with E-state index in [9.17, 15) is 4.79 Å². The van der Waals surface area contributed by atoms with Crippen LogP contribution in [0.4, 0.5) is 0 Å². The number of rotatable bonds is 8. The summed E-state index contributed by atoms with van der Waals surface area (Å²) in [6.45, 7) is 4.51. The Morgan fingerprint density at radius 3 is 2.38 bits per heavy atom. The number of nitrogens with zero attached hydrogens (tertiary/aromatic N) is 2. The smallest absolute Gasteiger partial charge is 0.222 e. The fourth-order valence-electron chi connectivity index (χ4n) is 4.22. The standard InChI is InChI=1S/C26H30N2O4/c1-6-23(29)28(18-11-12-18)15-17-13-20-21(14-22(30-3)26(32-5)25(20)31-4)27-24(17)19-10-8-7-9-16(19)2/h7-10,13-14,18H,6,11-12,15H2,1-5H3. The molecule has 0 N–H and O–H groups in total. The van der Waals surface area contributed by atoms with E-state index in [0.717, 1.165) is 46.1 Å². The van der Waals surface area contributed by atoms with E-state index >= 15 is 0 Å². The van der Waals surface area contributed by atoms with Crippen LogP contribution in [-0.4, -0.2) is 43.2 Å². The summed E-state index contributed by atoms with van der Waals surface area (Å²) in [5.41, 5.74) is 4.80. The van der Waals surface area contributed by atoms with Crippen molar-refractivity contribution in [1.29, 1.82) is 0 Å². The number of carbonyl (C=O) groups excluding carboxylic acids is 1. The topological polar surface area (TPSA) is 60.9 Å². The van der Waals surface area contributed by atoms with Crippen LogP contribution in [-0.2, 0) is 11.3 Å². The van der Waals surface area contributed by atoms with Crippen molar-refractivity contribution in [3.05, 3.63) is 47.5 Å². The molecule has 1 amide bonds. The lowest BCUT2D eigenvalue weighted by atomic mass is 9.98. The molecule has 1 aliphatic rings. The van der Waals surface area contributed by atoms with Crippen LogP contribution in [0.1, 0.15) is 37.3 Å². The van der Waals surface area contributed by atoms with Gasteiger partial charge in [-0.25, -0.2) is 4.98 Å². The van der Waals surface area contributed by atoms with Gasteiger partial charge in [-0.3, -0.25) is 4.79 Å². The molecule has 1 aromatic heterocycles. The van der Waals surface area contributed by atoms with Crippen LogP contribution in [0, 0.1) is 6.92 Å². The number of aryl methyl sites for hydroxylation is 1. The molecule has 0 unspecified atom stereocenters. The Kier molecular flexibility index (Phi) is 6.21. The van der Waals surface area contributed by atoms with Gasteiger partial charge in [-0.1, -0.05) is 31.2 Å². The zero-order chi connectivity index (χ0) is 22.8. The third-order valence-corrected chi connectivity index (χ3v) is 6.05. The Balaban J connectivity index is 1.97. The summed E-state index contributed by atoms with van der Waals surface area (Å²) in [4.78, 5) is 19.8. The first-order valence-corrected chi connectivity index (χ1v) is 11.0. The number of hydrogen-bond acceptors (Lipinski definition) is 5. The molecule has 1 aliphatic carbocycles. The Morgan fingerprint density at radius 1 is 1.06 bits per heavy atom. The molecular formula is C26H30N2O4. The van der Waals surface area contributed by atoms with Crippen molar-refractivity contribution in [2.75, 3.05) is 21.3 Å². The minimum Gasteiger partial charge on any atom is -0.493 e. The van der Waals surface area contributed by atoms with E-state index in [4.69, 9.17) is 19.2 Å². The molecule has 0 bridgehead atoms. The van der Waals surface area contributed by atoms with Crippen molar-refractivity contribution >= 4 is 16.8 Å². The van der Waals surface area contributed by atoms with Gasteiger partial charge in [-0.2, -0.15) is 0 Å². The van der Waals surface area contributed by atoms with Crippen LogP contribution in [0.25, 0.3) is 22.2 Å². The lowest BCUT2D eigenvalue weighted by Gasteiger charge is -2.24. The molecule has 0 aliphatic heterocycles. The summed E-state index contributed by atoms with van der Waals surface area (Å²) >= 11 is 0. The number of hydrogen-bond donors (Lipinski definition) is 0. The molecule has 32 heavy (non-hydrogen) atoms. The molecule has 2 aromatic carbocycles. The molecule has 168 valence electrons. The van der Waals surface area contributed by atoms with Gasteiger partial charge in [0, 0.05) is 36.0 Å². The molecule has 0 saturated heterocycles. The number of fused-ring (bicyclic) bond motifs is 1. The molecule has 6 nitrogen and oxygen atoms in total. The van der Waals surface area contributed by atoms with E-state index in [1.165, 1.54) is 0 Å². The Morgan fingerprint density at radius 2 is 1.78 bits per heavy atom. The average molecular weight is 435 g/mol. The van der Waals surface area contributed by atoms with E-state index in [2.05, 4.69) is 25.1 Å². The molecule has 0 spiro atoms. The summed E-state index contributed by atoms with van der Waals surface area (Å²) < 4.78 is 16.8. The lowest BCUT2D eigenvalue weighted by molar-refractivity contribution is -0.132. The highest BCUT2D eigenvalue weighted by molar-refractivity contribution is 5.93. The molecule has 3 aromatic rings. The first-order chi connectivity index (χ1) is 15.5. The molecule has 1 heterocycles. The molecular weight excluding hydrogens is 404 g/mol. The Bertz CT molecular complexity index is 1150. The van der Waals surface area contributed by atoms with Crippen molar-refractivity contribution in [2.24, 2.45) is 0 Å². The Labute approximate surface area is 189 Å². The van der Waals surface area contributed by atoms with E-state index < -0.39 is 0 Å². The fraction of sp³-hybridized carbons (Fsp3) is 0.385. The first kappa shape index (κ1) is 21.9. The third-order valence-electron chi connectivity index (χ3n) is 6.05. The van der Waals surface area contributed by atoms with Gasteiger partial charge in [-0.15, -0.1) is 0 Å². The number of methoxy groups -OCH3 is 3. The molecule has 4 rings (SSSR count). The number of benzene rings is 2. The van der Waals surface area contributed by atoms with Crippen molar-refractivity contribution in [3.8, 4) is 28.5 Å². The highest BCUT2D eigenvalue weighted by Gasteiger charge is 2.32. The zero-order valence-corrected chi connectivity index (χ0v) is 19.4. The Hall–Kier alpha value is -3.28. The van der Waals surface area contributed by atoms with Crippen molar-refractivity contribution in [3.63, 3.8) is 0 Å². The second-order valence-electron chi connectivity index (χ2n) is 8.13. The largest absolute Gasteiger partial charge is 0.493 e. The SMILES string of the molecule is CCC(=O)N(Cc1cc2c(OC)c(OC)c(OC)cc2nc1-c1ccccc1C)C1CC1. The molecule has 6 heteroatoms. The normalized spacial score (nSPS) is 13.2. The average Bonchev–Trinajstić information content (AvgIpc) is 3.65. The van der Waals surface area contributed by atoms with Crippen molar-refractivity contribution < 1.29 is 19.0 Å². The van der Waals surface area contributed by atoms with Crippen LogP contribution in [0.15, 0.2) is 36.4 Å². The summed E-state index contributed by atoms with van der Waals surface area (Å²) in [5, 5.41) is 0.831. The van der Waals surface area contributed by atoms with Crippen molar-refractivity contribution in [1.82, 2.24) is 9.88 Å². The highest BCUT2D eigenvalue weighted by atomic mass is 16.5. The second-order valence-corrected chi connectivity index (χ2v) is 8.13. The summed E-state index contributed by atoms with van der Waals surface area (Å²) in [7, 11) is 4.81. The predicted octanol–water partition coefficient (Wildman–Crippen LogP) is 5.14. The van der Waals surface area contributed by atoms with Crippen LogP contribution in [0.5, 0.6) is 17.2 Å². The number of aromatic nitrogens is 1. The number of pyridine rings is 1. The molecule has 1 fully saturated rings. The fourth-order valence-corrected chi connectivity index (χ4v) is 4.22. The van der Waals surface area contributed by atoms with E-state index in [0.29, 0.717) is 36.3 Å². The van der Waals surface area contributed by atoms with E-state index in [1.807, 2.05) is 30.0 Å². The van der Waals surface area contributed by atoms with Gasteiger partial charge in [0.2, 0.25) is 11.7 Å². The first-order valence-electron chi connectivity index (χ1n) is 11.0. The maximum atomic E-state index is 12.7.